The second-order valence-electron chi connectivity index (χ2n) is 4.26. The standard InChI is InChI=1S/C15H26O6Si/c1-7-19-22(20-8-2,21-9-3)15-13(17-5)10-12(16-4)11-14(15)18-6/h10-11H,7-9H2,1-6H3. The molecule has 0 aromatic heterocycles. The third kappa shape index (κ3) is 3.92. The van der Waals surface area contributed by atoms with Crippen molar-refractivity contribution in [2.24, 2.45) is 0 Å². The van der Waals surface area contributed by atoms with Gasteiger partial charge >= 0.3 is 8.80 Å². The quantitative estimate of drug-likeness (QED) is 0.611. The molecule has 0 bridgehead atoms. The molecule has 0 fully saturated rings. The molecule has 0 N–H and O–H groups in total. The maximum Gasteiger partial charge on any atom is 0.544 e. The number of benzene rings is 1. The van der Waals surface area contributed by atoms with Crippen LogP contribution in [0.4, 0.5) is 0 Å². The largest absolute Gasteiger partial charge is 0.544 e. The maximum atomic E-state index is 5.95. The van der Waals surface area contributed by atoms with E-state index >= 15 is 0 Å². The summed E-state index contributed by atoms with van der Waals surface area (Å²) >= 11 is 0. The van der Waals surface area contributed by atoms with E-state index in [1.54, 1.807) is 33.5 Å². The third-order valence-electron chi connectivity index (χ3n) is 3.02. The Labute approximate surface area is 133 Å². The van der Waals surface area contributed by atoms with Gasteiger partial charge in [-0.3, -0.25) is 0 Å². The van der Waals surface area contributed by atoms with Crippen LogP contribution in [0.5, 0.6) is 17.2 Å². The van der Waals surface area contributed by atoms with Crippen LogP contribution in [0.25, 0.3) is 0 Å². The van der Waals surface area contributed by atoms with Crippen molar-refractivity contribution in [3.63, 3.8) is 0 Å². The van der Waals surface area contributed by atoms with Gasteiger partial charge in [0, 0.05) is 32.0 Å². The lowest BCUT2D eigenvalue weighted by Gasteiger charge is -2.31. The lowest BCUT2D eigenvalue weighted by molar-refractivity contribution is 0.0848. The van der Waals surface area contributed by atoms with Crippen LogP contribution in [0.2, 0.25) is 0 Å². The zero-order chi connectivity index (χ0) is 16.6. The highest BCUT2D eigenvalue weighted by Gasteiger charge is 2.48. The fourth-order valence-electron chi connectivity index (χ4n) is 2.22. The molecule has 0 aliphatic carbocycles. The van der Waals surface area contributed by atoms with Gasteiger partial charge in [0.1, 0.15) is 22.4 Å². The van der Waals surface area contributed by atoms with Crippen molar-refractivity contribution in [3.05, 3.63) is 12.1 Å². The maximum absolute atomic E-state index is 5.95. The van der Waals surface area contributed by atoms with Crippen molar-refractivity contribution in [1.82, 2.24) is 0 Å². The van der Waals surface area contributed by atoms with E-state index in [0.717, 1.165) is 0 Å². The van der Waals surface area contributed by atoms with Crippen molar-refractivity contribution < 1.29 is 27.5 Å². The van der Waals surface area contributed by atoms with Gasteiger partial charge in [0.25, 0.3) is 0 Å². The van der Waals surface area contributed by atoms with Gasteiger partial charge in [0.15, 0.2) is 0 Å². The highest BCUT2D eigenvalue weighted by atomic mass is 28.4. The number of hydrogen-bond donors (Lipinski definition) is 0. The lowest BCUT2D eigenvalue weighted by atomic mass is 10.3. The summed E-state index contributed by atoms with van der Waals surface area (Å²) in [5, 5.41) is 0.684. The number of methoxy groups -OCH3 is 3. The highest BCUT2D eigenvalue weighted by Crippen LogP contribution is 2.30. The van der Waals surface area contributed by atoms with E-state index in [4.69, 9.17) is 27.5 Å². The molecular formula is C15H26O6Si. The summed E-state index contributed by atoms with van der Waals surface area (Å²) in [4.78, 5) is 0. The van der Waals surface area contributed by atoms with Crippen LogP contribution >= 0.6 is 0 Å². The molecule has 7 heteroatoms. The van der Waals surface area contributed by atoms with E-state index in [-0.39, 0.29) is 0 Å². The third-order valence-corrected chi connectivity index (χ3v) is 6.14. The van der Waals surface area contributed by atoms with Gasteiger partial charge in [-0.25, -0.2) is 0 Å². The van der Waals surface area contributed by atoms with Gasteiger partial charge in [-0.15, -0.1) is 0 Å². The molecule has 0 aliphatic rings. The van der Waals surface area contributed by atoms with Gasteiger partial charge in [0.05, 0.1) is 21.3 Å². The van der Waals surface area contributed by atoms with Gasteiger partial charge in [-0.2, -0.15) is 0 Å². The Bertz CT molecular complexity index is 423. The summed E-state index contributed by atoms with van der Waals surface area (Å²) in [5.74, 6) is 1.77. The predicted octanol–water partition coefficient (Wildman–Crippen LogP) is 1.97. The molecule has 126 valence electrons. The predicted molar refractivity (Wildman–Crippen MR) is 86.4 cm³/mol. The van der Waals surface area contributed by atoms with E-state index < -0.39 is 8.80 Å². The monoisotopic (exact) mass is 330 g/mol. The van der Waals surface area contributed by atoms with Gasteiger partial charge in [-0.1, -0.05) is 0 Å². The van der Waals surface area contributed by atoms with Crippen LogP contribution in [0.3, 0.4) is 0 Å². The molecule has 0 radical (unpaired) electrons. The molecule has 0 heterocycles. The van der Waals surface area contributed by atoms with Crippen molar-refractivity contribution in [2.75, 3.05) is 41.2 Å². The first-order chi connectivity index (χ1) is 10.6. The molecular weight excluding hydrogens is 304 g/mol. The molecule has 1 aromatic carbocycles. The molecule has 6 nitrogen and oxygen atoms in total. The molecule has 1 aromatic rings. The average molecular weight is 330 g/mol. The van der Waals surface area contributed by atoms with Crippen LogP contribution in [0.15, 0.2) is 12.1 Å². The van der Waals surface area contributed by atoms with Crippen molar-refractivity contribution in [3.8, 4) is 17.2 Å². The number of ether oxygens (including phenoxy) is 3. The summed E-state index contributed by atoms with van der Waals surface area (Å²) in [5.41, 5.74) is 0. The molecule has 22 heavy (non-hydrogen) atoms. The van der Waals surface area contributed by atoms with Crippen LogP contribution < -0.4 is 19.4 Å². The van der Waals surface area contributed by atoms with Crippen LogP contribution in [-0.2, 0) is 13.3 Å². The SMILES string of the molecule is CCO[Si](OCC)(OCC)c1c(OC)cc(OC)cc1OC. The molecule has 0 amide bonds. The second-order valence-corrected chi connectivity index (χ2v) is 6.74. The Morgan fingerprint density at radius 1 is 0.727 bits per heavy atom. The van der Waals surface area contributed by atoms with Crippen molar-refractivity contribution in [1.29, 1.82) is 0 Å². The average Bonchev–Trinajstić information content (AvgIpc) is 2.54. The van der Waals surface area contributed by atoms with E-state index in [0.29, 0.717) is 42.3 Å². The topological polar surface area (TPSA) is 55.4 Å². The normalized spacial score (nSPS) is 11.4. The zero-order valence-corrected chi connectivity index (χ0v) is 15.2. The van der Waals surface area contributed by atoms with Gasteiger partial charge < -0.3 is 27.5 Å². The fraction of sp³-hybridized carbons (Fsp3) is 0.600. The molecule has 0 saturated carbocycles. The van der Waals surface area contributed by atoms with E-state index in [9.17, 15) is 0 Å². The molecule has 0 saturated heterocycles. The van der Waals surface area contributed by atoms with E-state index in [2.05, 4.69) is 0 Å². The van der Waals surface area contributed by atoms with Crippen LogP contribution in [0, 0.1) is 0 Å². The van der Waals surface area contributed by atoms with Crippen molar-refractivity contribution >= 4 is 14.0 Å². The summed E-state index contributed by atoms with van der Waals surface area (Å²) < 4.78 is 34.1. The Morgan fingerprint density at radius 3 is 1.41 bits per heavy atom. The Hall–Kier alpha value is -1.28. The summed E-state index contributed by atoms with van der Waals surface area (Å²) in [6, 6.07) is 3.55. The summed E-state index contributed by atoms with van der Waals surface area (Å²) in [7, 11) is 1.61. The van der Waals surface area contributed by atoms with Gasteiger partial charge in [0.2, 0.25) is 0 Å². The Morgan fingerprint density at radius 2 is 1.14 bits per heavy atom. The van der Waals surface area contributed by atoms with Crippen molar-refractivity contribution in [2.45, 2.75) is 20.8 Å². The highest BCUT2D eigenvalue weighted by molar-refractivity contribution is 6.77. The van der Waals surface area contributed by atoms with Gasteiger partial charge in [-0.05, 0) is 20.8 Å². The second kappa shape index (κ2) is 8.99. The molecule has 0 atom stereocenters. The molecule has 0 spiro atoms. The summed E-state index contributed by atoms with van der Waals surface area (Å²) in [6.07, 6.45) is 0. The first-order valence-electron chi connectivity index (χ1n) is 7.34. The number of rotatable bonds is 10. The lowest BCUT2D eigenvalue weighted by Crippen LogP contribution is -2.57. The Balaban J connectivity index is 3.56. The van der Waals surface area contributed by atoms with E-state index in [1.165, 1.54) is 0 Å². The molecule has 1 rings (SSSR count). The minimum absolute atomic E-state index is 0.463. The smallest absolute Gasteiger partial charge is 0.496 e. The summed E-state index contributed by atoms with van der Waals surface area (Å²) in [6.45, 7) is 7.10. The Kier molecular flexibility index (Phi) is 7.67. The zero-order valence-electron chi connectivity index (χ0n) is 14.2. The first-order valence-corrected chi connectivity index (χ1v) is 9.07. The minimum atomic E-state index is -3.14. The van der Waals surface area contributed by atoms with E-state index in [1.807, 2.05) is 20.8 Å². The van der Waals surface area contributed by atoms with Crippen LogP contribution in [-0.4, -0.2) is 50.0 Å². The molecule has 0 unspecified atom stereocenters. The molecule has 0 aliphatic heterocycles. The fourth-order valence-corrected chi connectivity index (χ4v) is 4.99. The number of hydrogen-bond acceptors (Lipinski definition) is 6. The minimum Gasteiger partial charge on any atom is -0.496 e. The first kappa shape index (κ1) is 18.8. The van der Waals surface area contributed by atoms with Crippen LogP contribution in [0.1, 0.15) is 20.8 Å².